The number of rotatable bonds is 5. The van der Waals surface area contributed by atoms with E-state index in [-0.39, 0.29) is 18.1 Å². The lowest BCUT2D eigenvalue weighted by Crippen LogP contribution is -2.12. The van der Waals surface area contributed by atoms with Crippen LogP contribution in [0.1, 0.15) is 19.4 Å². The summed E-state index contributed by atoms with van der Waals surface area (Å²) in [5, 5.41) is 3.09. The number of anilines is 2. The molecule has 6 nitrogen and oxygen atoms in total. The fourth-order valence-corrected chi connectivity index (χ4v) is 1.49. The van der Waals surface area contributed by atoms with Crippen molar-refractivity contribution < 1.29 is 4.74 Å². The van der Waals surface area contributed by atoms with Crippen LogP contribution in [0.5, 0.6) is 6.01 Å². The van der Waals surface area contributed by atoms with Crippen LogP contribution in [-0.4, -0.2) is 21.1 Å². The monoisotopic (exact) mass is 259 g/mol. The third kappa shape index (κ3) is 4.09. The molecular weight excluding hydrogens is 242 g/mol. The minimum atomic E-state index is -0.0104. The van der Waals surface area contributed by atoms with Crippen molar-refractivity contribution in [2.24, 2.45) is 0 Å². The number of nitrogens with zero attached hydrogens (tertiary/aromatic N) is 3. The second-order valence-electron chi connectivity index (χ2n) is 4.31. The summed E-state index contributed by atoms with van der Waals surface area (Å²) < 4.78 is 5.41. The number of hydrogen-bond donors (Lipinski definition) is 2. The number of nitrogens with two attached hydrogens (primary N) is 1. The Morgan fingerprint density at radius 2 is 1.89 bits per heavy atom. The second kappa shape index (κ2) is 5.99. The SMILES string of the molecule is CC(C)Oc1nc(N)nc(NCc2ccccc2)n1. The quantitative estimate of drug-likeness (QED) is 0.852. The predicted octanol–water partition coefficient (Wildman–Crippen LogP) is 1.85. The highest BCUT2D eigenvalue weighted by molar-refractivity contribution is 5.33. The van der Waals surface area contributed by atoms with Crippen molar-refractivity contribution in [3.63, 3.8) is 0 Å². The molecule has 0 radical (unpaired) electrons. The Labute approximate surface area is 112 Å². The van der Waals surface area contributed by atoms with Crippen molar-refractivity contribution in [1.29, 1.82) is 0 Å². The summed E-state index contributed by atoms with van der Waals surface area (Å²) in [6.45, 7) is 4.42. The van der Waals surface area contributed by atoms with E-state index in [0.717, 1.165) is 5.56 Å². The van der Waals surface area contributed by atoms with Gasteiger partial charge in [0, 0.05) is 6.54 Å². The van der Waals surface area contributed by atoms with Crippen LogP contribution in [0.25, 0.3) is 0 Å². The van der Waals surface area contributed by atoms with Gasteiger partial charge in [-0.15, -0.1) is 0 Å². The van der Waals surface area contributed by atoms with Crippen molar-refractivity contribution in [2.75, 3.05) is 11.1 Å². The van der Waals surface area contributed by atoms with Crippen LogP contribution in [0.4, 0.5) is 11.9 Å². The van der Waals surface area contributed by atoms with E-state index in [1.54, 1.807) is 0 Å². The van der Waals surface area contributed by atoms with Crippen LogP contribution in [0.3, 0.4) is 0 Å². The standard InChI is InChI=1S/C13H17N5O/c1-9(2)19-13-17-11(14)16-12(18-13)15-8-10-6-4-3-5-7-10/h3-7,9H,8H2,1-2H3,(H3,14,15,16,17,18). The van der Waals surface area contributed by atoms with Gasteiger partial charge in [-0.25, -0.2) is 0 Å². The first-order chi connectivity index (χ1) is 9.13. The molecule has 0 fully saturated rings. The fraction of sp³-hybridized carbons (Fsp3) is 0.308. The number of nitrogens with one attached hydrogen (secondary N) is 1. The summed E-state index contributed by atoms with van der Waals surface area (Å²) >= 11 is 0. The van der Waals surface area contributed by atoms with Crippen LogP contribution in [-0.2, 0) is 6.54 Å². The first kappa shape index (κ1) is 13.1. The molecule has 0 aliphatic carbocycles. The third-order valence-corrected chi connectivity index (χ3v) is 2.27. The Hall–Kier alpha value is -2.37. The van der Waals surface area contributed by atoms with Gasteiger partial charge in [-0.2, -0.15) is 15.0 Å². The van der Waals surface area contributed by atoms with Gasteiger partial charge >= 0.3 is 6.01 Å². The molecule has 2 aromatic rings. The maximum Gasteiger partial charge on any atom is 0.323 e. The summed E-state index contributed by atoms with van der Waals surface area (Å²) in [6.07, 6.45) is -0.0104. The van der Waals surface area contributed by atoms with Gasteiger partial charge in [0.1, 0.15) is 0 Å². The van der Waals surface area contributed by atoms with E-state index < -0.39 is 0 Å². The van der Waals surface area contributed by atoms with Crippen molar-refractivity contribution in [3.05, 3.63) is 35.9 Å². The largest absolute Gasteiger partial charge is 0.461 e. The molecule has 100 valence electrons. The number of benzene rings is 1. The van der Waals surface area contributed by atoms with E-state index in [2.05, 4.69) is 20.3 Å². The highest BCUT2D eigenvalue weighted by Crippen LogP contribution is 2.11. The molecule has 1 heterocycles. The van der Waals surface area contributed by atoms with Gasteiger partial charge in [0.15, 0.2) is 0 Å². The van der Waals surface area contributed by atoms with Gasteiger partial charge in [-0.3, -0.25) is 0 Å². The number of ether oxygens (including phenoxy) is 1. The molecule has 0 amide bonds. The fourth-order valence-electron chi connectivity index (χ4n) is 1.49. The first-order valence-electron chi connectivity index (χ1n) is 6.09. The zero-order chi connectivity index (χ0) is 13.7. The summed E-state index contributed by atoms with van der Waals surface area (Å²) in [7, 11) is 0. The van der Waals surface area contributed by atoms with Gasteiger partial charge < -0.3 is 15.8 Å². The van der Waals surface area contributed by atoms with Crippen LogP contribution < -0.4 is 15.8 Å². The van der Waals surface area contributed by atoms with Crippen molar-refractivity contribution in [1.82, 2.24) is 15.0 Å². The number of aromatic nitrogens is 3. The smallest absolute Gasteiger partial charge is 0.323 e. The minimum absolute atomic E-state index is 0.0104. The molecule has 3 N–H and O–H groups in total. The molecular formula is C13H17N5O. The maximum atomic E-state index is 5.62. The van der Waals surface area contributed by atoms with E-state index in [4.69, 9.17) is 10.5 Å². The van der Waals surface area contributed by atoms with Crippen LogP contribution >= 0.6 is 0 Å². The molecule has 0 bridgehead atoms. The maximum absolute atomic E-state index is 5.62. The molecule has 0 spiro atoms. The Balaban J connectivity index is 2.05. The van der Waals surface area contributed by atoms with Crippen molar-refractivity contribution >= 4 is 11.9 Å². The van der Waals surface area contributed by atoms with Gasteiger partial charge in [-0.1, -0.05) is 30.3 Å². The number of hydrogen-bond acceptors (Lipinski definition) is 6. The summed E-state index contributed by atoms with van der Waals surface area (Å²) in [6, 6.07) is 10.2. The van der Waals surface area contributed by atoms with Crippen molar-refractivity contribution in [2.45, 2.75) is 26.5 Å². The average Bonchev–Trinajstić information content (AvgIpc) is 2.36. The van der Waals surface area contributed by atoms with E-state index in [0.29, 0.717) is 12.5 Å². The second-order valence-corrected chi connectivity index (χ2v) is 4.31. The van der Waals surface area contributed by atoms with Crippen LogP contribution in [0.15, 0.2) is 30.3 Å². The molecule has 0 saturated heterocycles. The highest BCUT2D eigenvalue weighted by atomic mass is 16.5. The topological polar surface area (TPSA) is 86.0 Å². The van der Waals surface area contributed by atoms with Gasteiger partial charge in [-0.05, 0) is 19.4 Å². The minimum Gasteiger partial charge on any atom is -0.461 e. The molecule has 1 aromatic heterocycles. The molecule has 0 saturated carbocycles. The molecule has 19 heavy (non-hydrogen) atoms. The molecule has 0 aliphatic rings. The number of nitrogen functional groups attached to an aromatic ring is 1. The lowest BCUT2D eigenvalue weighted by Gasteiger charge is -2.10. The van der Waals surface area contributed by atoms with Gasteiger partial charge in [0.25, 0.3) is 0 Å². The lowest BCUT2D eigenvalue weighted by molar-refractivity contribution is 0.222. The molecule has 2 rings (SSSR count). The third-order valence-electron chi connectivity index (χ3n) is 2.27. The van der Waals surface area contributed by atoms with E-state index in [9.17, 15) is 0 Å². The zero-order valence-electron chi connectivity index (χ0n) is 11.0. The van der Waals surface area contributed by atoms with Crippen molar-refractivity contribution in [3.8, 4) is 6.01 Å². The van der Waals surface area contributed by atoms with E-state index in [1.165, 1.54) is 0 Å². The molecule has 0 aliphatic heterocycles. The zero-order valence-corrected chi connectivity index (χ0v) is 11.0. The normalized spacial score (nSPS) is 10.5. The van der Waals surface area contributed by atoms with Gasteiger partial charge in [0.2, 0.25) is 11.9 Å². The van der Waals surface area contributed by atoms with E-state index in [1.807, 2.05) is 44.2 Å². The Kier molecular flexibility index (Phi) is 4.12. The summed E-state index contributed by atoms with van der Waals surface area (Å²) in [5.74, 6) is 0.549. The molecule has 1 aromatic carbocycles. The molecule has 6 heteroatoms. The van der Waals surface area contributed by atoms with Crippen LogP contribution in [0, 0.1) is 0 Å². The predicted molar refractivity (Wildman–Crippen MR) is 73.8 cm³/mol. The molecule has 0 unspecified atom stereocenters. The van der Waals surface area contributed by atoms with Crippen LogP contribution in [0.2, 0.25) is 0 Å². The highest BCUT2D eigenvalue weighted by Gasteiger charge is 2.06. The van der Waals surface area contributed by atoms with E-state index >= 15 is 0 Å². The van der Waals surface area contributed by atoms with Gasteiger partial charge in [0.05, 0.1) is 6.10 Å². The Morgan fingerprint density at radius 3 is 2.58 bits per heavy atom. The molecule has 0 atom stereocenters. The Morgan fingerprint density at radius 1 is 1.16 bits per heavy atom. The average molecular weight is 259 g/mol. The Bertz CT molecular complexity index is 530. The summed E-state index contributed by atoms with van der Waals surface area (Å²) in [5.41, 5.74) is 6.75. The summed E-state index contributed by atoms with van der Waals surface area (Å²) in [4.78, 5) is 12.1. The lowest BCUT2D eigenvalue weighted by atomic mass is 10.2. The first-order valence-corrected chi connectivity index (χ1v) is 6.09.